The van der Waals surface area contributed by atoms with Crippen molar-refractivity contribution in [3.05, 3.63) is 41.2 Å². The molecule has 6 heteroatoms. The van der Waals surface area contributed by atoms with E-state index >= 15 is 0 Å². The first-order chi connectivity index (χ1) is 9.28. The van der Waals surface area contributed by atoms with Gasteiger partial charge in [0.15, 0.2) is 5.82 Å². The molecule has 2 aromatic rings. The van der Waals surface area contributed by atoms with E-state index in [4.69, 9.17) is 20.8 Å². The number of aromatic nitrogens is 2. The van der Waals surface area contributed by atoms with E-state index in [1.54, 1.807) is 12.3 Å². The zero-order valence-corrected chi connectivity index (χ0v) is 11.5. The fourth-order valence-corrected chi connectivity index (χ4v) is 1.78. The Bertz CT molecular complexity index is 503. The maximum absolute atomic E-state index is 5.94. The Morgan fingerprint density at radius 2 is 2.32 bits per heavy atom. The number of nitrogens with one attached hydrogen (secondary N) is 1. The van der Waals surface area contributed by atoms with E-state index in [2.05, 4.69) is 15.3 Å². The van der Waals surface area contributed by atoms with Gasteiger partial charge in [0.1, 0.15) is 23.3 Å². The Morgan fingerprint density at radius 3 is 3.05 bits per heavy atom. The van der Waals surface area contributed by atoms with E-state index in [0.717, 1.165) is 18.7 Å². The molecule has 0 aromatic carbocycles. The predicted octanol–water partition coefficient (Wildman–Crippen LogP) is 2.91. The number of anilines is 1. The highest BCUT2D eigenvalue weighted by Gasteiger charge is 2.03. The topological polar surface area (TPSA) is 60.2 Å². The van der Waals surface area contributed by atoms with Crippen molar-refractivity contribution in [2.45, 2.75) is 20.0 Å². The summed E-state index contributed by atoms with van der Waals surface area (Å²) < 4.78 is 10.5. The maximum Gasteiger partial charge on any atom is 0.158 e. The molecule has 0 atom stereocenters. The first-order valence-corrected chi connectivity index (χ1v) is 6.53. The monoisotopic (exact) mass is 281 g/mol. The highest BCUT2D eigenvalue weighted by atomic mass is 35.5. The molecule has 19 heavy (non-hydrogen) atoms. The van der Waals surface area contributed by atoms with Gasteiger partial charge in [-0.1, -0.05) is 11.6 Å². The third-order valence-corrected chi connectivity index (χ3v) is 2.63. The van der Waals surface area contributed by atoms with Crippen LogP contribution in [0.1, 0.15) is 18.5 Å². The summed E-state index contributed by atoms with van der Waals surface area (Å²) in [4.78, 5) is 8.43. The zero-order chi connectivity index (χ0) is 13.5. The number of rotatable bonds is 7. The first kappa shape index (κ1) is 13.8. The molecule has 5 nitrogen and oxygen atoms in total. The van der Waals surface area contributed by atoms with Crippen LogP contribution in [0.25, 0.3) is 0 Å². The van der Waals surface area contributed by atoms with E-state index in [1.165, 1.54) is 0 Å². The van der Waals surface area contributed by atoms with Crippen molar-refractivity contribution in [2.75, 3.05) is 18.5 Å². The summed E-state index contributed by atoms with van der Waals surface area (Å²) >= 11 is 5.94. The quantitative estimate of drug-likeness (QED) is 0.791. The molecule has 102 valence electrons. The predicted molar refractivity (Wildman–Crippen MR) is 73.3 cm³/mol. The van der Waals surface area contributed by atoms with Crippen LogP contribution in [0.4, 0.5) is 5.82 Å². The van der Waals surface area contributed by atoms with Crippen molar-refractivity contribution in [2.24, 2.45) is 0 Å². The molecule has 0 radical (unpaired) electrons. The van der Waals surface area contributed by atoms with Crippen molar-refractivity contribution >= 4 is 17.4 Å². The minimum Gasteiger partial charge on any atom is -0.469 e. The average molecular weight is 282 g/mol. The number of ether oxygens (including phenoxy) is 1. The van der Waals surface area contributed by atoms with Gasteiger partial charge in [-0.2, -0.15) is 0 Å². The summed E-state index contributed by atoms with van der Waals surface area (Å²) in [7, 11) is 0. The molecule has 0 aliphatic heterocycles. The normalized spacial score (nSPS) is 10.6. The van der Waals surface area contributed by atoms with Crippen LogP contribution in [0.5, 0.6) is 0 Å². The molecule has 2 heterocycles. The molecule has 0 fully saturated rings. The van der Waals surface area contributed by atoms with Gasteiger partial charge in [0, 0.05) is 25.6 Å². The van der Waals surface area contributed by atoms with Gasteiger partial charge in [0.25, 0.3) is 0 Å². The zero-order valence-electron chi connectivity index (χ0n) is 10.7. The van der Waals surface area contributed by atoms with Crippen LogP contribution in [-0.2, 0) is 17.8 Å². The summed E-state index contributed by atoms with van der Waals surface area (Å²) in [5, 5.41) is 3.60. The molecular formula is C13H16ClN3O2. The van der Waals surface area contributed by atoms with Crippen molar-refractivity contribution in [3.63, 3.8) is 0 Å². The van der Waals surface area contributed by atoms with Gasteiger partial charge < -0.3 is 14.5 Å². The molecule has 1 N–H and O–H groups in total. The molecule has 2 aromatic heterocycles. The lowest BCUT2D eigenvalue weighted by molar-refractivity contribution is 0.128. The van der Waals surface area contributed by atoms with Crippen molar-refractivity contribution in [1.82, 2.24) is 9.97 Å². The van der Waals surface area contributed by atoms with Gasteiger partial charge in [0.05, 0.1) is 6.26 Å². The van der Waals surface area contributed by atoms with E-state index < -0.39 is 0 Å². The summed E-state index contributed by atoms with van der Waals surface area (Å²) in [6.45, 7) is 3.63. The van der Waals surface area contributed by atoms with Crippen molar-refractivity contribution in [3.8, 4) is 0 Å². The summed E-state index contributed by atoms with van der Waals surface area (Å²) in [5.41, 5.74) is 0. The summed E-state index contributed by atoms with van der Waals surface area (Å²) in [5.74, 6) is 2.21. The highest BCUT2D eigenvalue weighted by Crippen LogP contribution is 2.12. The number of hydrogen-bond acceptors (Lipinski definition) is 5. The molecule has 2 rings (SSSR count). The lowest BCUT2D eigenvalue weighted by atomic mass is 10.3. The SMILES string of the molecule is CCOCc1nc(Cl)cc(NCCc2ccco2)n1. The lowest BCUT2D eigenvalue weighted by Crippen LogP contribution is -2.08. The number of furan rings is 1. The molecule has 0 bridgehead atoms. The minimum atomic E-state index is 0.365. The highest BCUT2D eigenvalue weighted by molar-refractivity contribution is 6.29. The van der Waals surface area contributed by atoms with E-state index in [9.17, 15) is 0 Å². The molecule has 0 aliphatic carbocycles. The average Bonchev–Trinajstić information content (AvgIpc) is 2.89. The number of halogens is 1. The first-order valence-electron chi connectivity index (χ1n) is 6.15. The second-order valence-corrected chi connectivity index (χ2v) is 4.27. The van der Waals surface area contributed by atoms with Crippen LogP contribution in [0.2, 0.25) is 5.15 Å². The van der Waals surface area contributed by atoms with Gasteiger partial charge >= 0.3 is 0 Å². The minimum absolute atomic E-state index is 0.365. The van der Waals surface area contributed by atoms with Crippen LogP contribution in [0.3, 0.4) is 0 Å². The maximum atomic E-state index is 5.94. The largest absolute Gasteiger partial charge is 0.469 e. The van der Waals surface area contributed by atoms with Crippen LogP contribution < -0.4 is 5.32 Å². The second-order valence-electron chi connectivity index (χ2n) is 3.89. The summed E-state index contributed by atoms with van der Waals surface area (Å²) in [6, 6.07) is 5.51. The van der Waals surface area contributed by atoms with Crippen LogP contribution in [-0.4, -0.2) is 23.1 Å². The van der Waals surface area contributed by atoms with E-state index in [1.807, 2.05) is 19.1 Å². The molecule has 0 saturated heterocycles. The molecule has 0 unspecified atom stereocenters. The Labute approximate surface area is 117 Å². The molecule has 0 spiro atoms. The van der Waals surface area contributed by atoms with Crippen molar-refractivity contribution < 1.29 is 9.15 Å². The van der Waals surface area contributed by atoms with Gasteiger partial charge in [-0.15, -0.1) is 0 Å². The number of hydrogen-bond donors (Lipinski definition) is 1. The van der Waals surface area contributed by atoms with Gasteiger partial charge in [-0.3, -0.25) is 0 Å². The van der Waals surface area contributed by atoms with E-state index in [-0.39, 0.29) is 0 Å². The smallest absolute Gasteiger partial charge is 0.158 e. The van der Waals surface area contributed by atoms with Crippen LogP contribution in [0.15, 0.2) is 28.9 Å². The molecular weight excluding hydrogens is 266 g/mol. The Hall–Kier alpha value is -1.59. The van der Waals surface area contributed by atoms with Gasteiger partial charge in [-0.05, 0) is 19.1 Å². The van der Waals surface area contributed by atoms with Gasteiger partial charge in [0.2, 0.25) is 0 Å². The van der Waals surface area contributed by atoms with Gasteiger partial charge in [-0.25, -0.2) is 9.97 Å². The molecule has 0 amide bonds. The Morgan fingerprint density at radius 1 is 1.42 bits per heavy atom. The Kier molecular flexibility index (Phi) is 5.18. The second kappa shape index (κ2) is 7.11. The molecule has 0 saturated carbocycles. The summed E-state index contributed by atoms with van der Waals surface area (Å²) in [6.07, 6.45) is 2.45. The van der Waals surface area contributed by atoms with E-state index in [0.29, 0.717) is 30.0 Å². The standard InChI is InChI=1S/C13H16ClN3O2/c1-2-18-9-13-16-11(14)8-12(17-13)15-6-5-10-4-3-7-19-10/h3-4,7-8H,2,5-6,9H2,1H3,(H,15,16,17). The third-order valence-electron chi connectivity index (χ3n) is 2.43. The Balaban J connectivity index is 1.90. The third kappa shape index (κ3) is 4.54. The fraction of sp³-hybridized carbons (Fsp3) is 0.385. The number of nitrogens with zero attached hydrogens (tertiary/aromatic N) is 2. The lowest BCUT2D eigenvalue weighted by Gasteiger charge is -2.07. The van der Waals surface area contributed by atoms with Crippen LogP contribution in [0, 0.1) is 0 Å². The fourth-order valence-electron chi connectivity index (χ4n) is 1.58. The van der Waals surface area contributed by atoms with Crippen molar-refractivity contribution in [1.29, 1.82) is 0 Å². The van der Waals surface area contributed by atoms with Crippen LogP contribution >= 0.6 is 11.6 Å². The molecule has 0 aliphatic rings.